The van der Waals surface area contributed by atoms with Crippen molar-refractivity contribution in [1.29, 1.82) is 0 Å². The predicted octanol–water partition coefficient (Wildman–Crippen LogP) is 1.99. The minimum absolute atomic E-state index is 0.448. The van der Waals surface area contributed by atoms with E-state index in [1.165, 1.54) is 0 Å². The van der Waals surface area contributed by atoms with Gasteiger partial charge in [0.2, 0.25) is 0 Å². The zero-order valence-corrected chi connectivity index (χ0v) is 9.89. The van der Waals surface area contributed by atoms with Gasteiger partial charge in [-0.3, -0.25) is 4.79 Å². The van der Waals surface area contributed by atoms with Crippen LogP contribution in [0.5, 0.6) is 0 Å². The molecule has 1 amide bonds. The molecule has 2 rings (SSSR count). The third-order valence-corrected chi connectivity index (χ3v) is 2.66. The maximum atomic E-state index is 11.3. The second-order valence-electron chi connectivity index (χ2n) is 3.94. The summed E-state index contributed by atoms with van der Waals surface area (Å²) in [5, 5.41) is 3.16. The maximum Gasteiger partial charge on any atom is 0.250 e. The zero-order chi connectivity index (χ0) is 13.0. The van der Waals surface area contributed by atoms with Gasteiger partial charge in [-0.2, -0.15) is 0 Å². The molecule has 0 heterocycles. The van der Waals surface area contributed by atoms with Crippen LogP contribution in [0.25, 0.3) is 0 Å². The number of rotatable bonds is 4. The summed E-state index contributed by atoms with van der Waals surface area (Å²) in [6, 6.07) is 14.9. The van der Waals surface area contributed by atoms with Crippen LogP contribution in [0, 0.1) is 0 Å². The monoisotopic (exact) mass is 241 g/mol. The van der Waals surface area contributed by atoms with Gasteiger partial charge < -0.3 is 16.8 Å². The van der Waals surface area contributed by atoms with Crippen LogP contribution >= 0.6 is 0 Å². The van der Waals surface area contributed by atoms with Crippen molar-refractivity contribution < 1.29 is 4.79 Å². The molecule has 4 nitrogen and oxygen atoms in total. The lowest BCUT2D eigenvalue weighted by molar-refractivity contribution is 0.100. The SMILES string of the molecule is NCc1ccc(Nc2ccccc2C(N)=O)cc1. The van der Waals surface area contributed by atoms with Gasteiger partial charge >= 0.3 is 0 Å². The smallest absolute Gasteiger partial charge is 0.250 e. The maximum absolute atomic E-state index is 11.3. The highest BCUT2D eigenvalue weighted by Gasteiger charge is 2.06. The quantitative estimate of drug-likeness (QED) is 0.765. The summed E-state index contributed by atoms with van der Waals surface area (Å²) in [4.78, 5) is 11.3. The summed E-state index contributed by atoms with van der Waals surface area (Å²) in [5.74, 6) is -0.448. The second-order valence-corrected chi connectivity index (χ2v) is 3.94. The van der Waals surface area contributed by atoms with Crippen LogP contribution in [0.3, 0.4) is 0 Å². The fourth-order valence-corrected chi connectivity index (χ4v) is 1.69. The fourth-order valence-electron chi connectivity index (χ4n) is 1.69. The second kappa shape index (κ2) is 5.33. The highest BCUT2D eigenvalue weighted by Crippen LogP contribution is 2.20. The van der Waals surface area contributed by atoms with Gasteiger partial charge in [-0.05, 0) is 29.8 Å². The number of carbonyl (C=O) groups is 1. The molecule has 4 heteroatoms. The van der Waals surface area contributed by atoms with Crippen LogP contribution in [-0.2, 0) is 6.54 Å². The molecule has 0 aliphatic carbocycles. The van der Waals surface area contributed by atoms with E-state index < -0.39 is 5.91 Å². The number of hydrogen-bond acceptors (Lipinski definition) is 3. The number of anilines is 2. The van der Waals surface area contributed by atoms with Gasteiger partial charge in [-0.15, -0.1) is 0 Å². The van der Waals surface area contributed by atoms with Gasteiger partial charge in [-0.25, -0.2) is 0 Å². The molecule has 0 bridgehead atoms. The Morgan fingerprint density at radius 3 is 2.33 bits per heavy atom. The Bertz CT molecular complexity index is 549. The summed E-state index contributed by atoms with van der Waals surface area (Å²) in [6.45, 7) is 0.512. The van der Waals surface area contributed by atoms with Crippen molar-refractivity contribution in [3.63, 3.8) is 0 Å². The summed E-state index contributed by atoms with van der Waals surface area (Å²) in [7, 11) is 0. The van der Waals surface area contributed by atoms with Crippen molar-refractivity contribution in [2.24, 2.45) is 11.5 Å². The van der Waals surface area contributed by atoms with Crippen LogP contribution in [0.1, 0.15) is 15.9 Å². The topological polar surface area (TPSA) is 81.1 Å². The van der Waals surface area contributed by atoms with Crippen molar-refractivity contribution in [2.75, 3.05) is 5.32 Å². The number of carbonyl (C=O) groups excluding carboxylic acids is 1. The number of nitrogens with two attached hydrogens (primary N) is 2. The molecule has 0 saturated heterocycles. The lowest BCUT2D eigenvalue weighted by Crippen LogP contribution is -2.13. The van der Waals surface area contributed by atoms with E-state index in [0.717, 1.165) is 11.3 Å². The van der Waals surface area contributed by atoms with Crippen molar-refractivity contribution in [3.05, 3.63) is 59.7 Å². The largest absolute Gasteiger partial charge is 0.366 e. The molecular formula is C14H15N3O. The lowest BCUT2D eigenvalue weighted by atomic mass is 10.1. The molecule has 0 aliphatic rings. The first-order valence-corrected chi connectivity index (χ1v) is 5.65. The third kappa shape index (κ3) is 2.67. The highest BCUT2D eigenvalue weighted by atomic mass is 16.1. The van der Waals surface area contributed by atoms with Crippen molar-refractivity contribution >= 4 is 17.3 Å². The van der Waals surface area contributed by atoms with Crippen LogP contribution in [-0.4, -0.2) is 5.91 Å². The minimum atomic E-state index is -0.448. The molecular weight excluding hydrogens is 226 g/mol. The zero-order valence-electron chi connectivity index (χ0n) is 9.89. The van der Waals surface area contributed by atoms with Crippen molar-refractivity contribution in [1.82, 2.24) is 0 Å². The number of nitrogens with one attached hydrogen (secondary N) is 1. The average Bonchev–Trinajstić information content (AvgIpc) is 2.40. The van der Waals surface area contributed by atoms with E-state index >= 15 is 0 Å². The third-order valence-electron chi connectivity index (χ3n) is 2.66. The summed E-state index contributed by atoms with van der Waals surface area (Å²) < 4.78 is 0. The van der Waals surface area contributed by atoms with Crippen LogP contribution < -0.4 is 16.8 Å². The molecule has 0 radical (unpaired) electrons. The van der Waals surface area contributed by atoms with E-state index in [1.54, 1.807) is 12.1 Å². The fraction of sp³-hybridized carbons (Fsp3) is 0.0714. The van der Waals surface area contributed by atoms with Gasteiger partial charge in [0.05, 0.1) is 11.3 Å². The standard InChI is InChI=1S/C14H15N3O/c15-9-10-5-7-11(8-6-10)17-13-4-2-1-3-12(13)14(16)18/h1-8,17H,9,15H2,(H2,16,18). The molecule has 5 N–H and O–H groups in total. The first-order chi connectivity index (χ1) is 8.70. The van der Waals surface area contributed by atoms with Crippen LogP contribution in [0.4, 0.5) is 11.4 Å². The van der Waals surface area contributed by atoms with Gasteiger partial charge in [-0.1, -0.05) is 24.3 Å². The normalized spacial score (nSPS) is 10.1. The van der Waals surface area contributed by atoms with E-state index in [1.807, 2.05) is 36.4 Å². The van der Waals surface area contributed by atoms with Crippen LogP contribution in [0.15, 0.2) is 48.5 Å². The Kier molecular flexibility index (Phi) is 3.60. The number of primary amides is 1. The molecule has 0 aliphatic heterocycles. The molecule has 0 unspecified atom stereocenters. The van der Waals surface area contributed by atoms with Crippen LogP contribution in [0.2, 0.25) is 0 Å². The van der Waals surface area contributed by atoms with Gasteiger partial charge in [0.1, 0.15) is 0 Å². The molecule has 0 fully saturated rings. The summed E-state index contributed by atoms with van der Waals surface area (Å²) in [5.41, 5.74) is 14.0. The lowest BCUT2D eigenvalue weighted by Gasteiger charge is -2.10. The predicted molar refractivity (Wildman–Crippen MR) is 72.6 cm³/mol. The summed E-state index contributed by atoms with van der Waals surface area (Å²) >= 11 is 0. The van der Waals surface area contributed by atoms with E-state index in [-0.39, 0.29) is 0 Å². The Morgan fingerprint density at radius 1 is 1.06 bits per heavy atom. The van der Waals surface area contributed by atoms with E-state index in [9.17, 15) is 4.79 Å². The average molecular weight is 241 g/mol. The number of benzene rings is 2. The molecule has 0 aromatic heterocycles. The van der Waals surface area contributed by atoms with Gasteiger partial charge in [0.25, 0.3) is 5.91 Å². The molecule has 2 aromatic carbocycles. The number of amides is 1. The number of hydrogen-bond donors (Lipinski definition) is 3. The Morgan fingerprint density at radius 2 is 1.72 bits per heavy atom. The molecule has 92 valence electrons. The first kappa shape index (κ1) is 12.1. The van der Waals surface area contributed by atoms with Gasteiger partial charge in [0, 0.05) is 12.2 Å². The summed E-state index contributed by atoms with van der Waals surface area (Å²) in [6.07, 6.45) is 0. The molecule has 0 atom stereocenters. The van der Waals surface area contributed by atoms with E-state index in [0.29, 0.717) is 17.8 Å². The molecule has 0 spiro atoms. The first-order valence-electron chi connectivity index (χ1n) is 5.65. The molecule has 0 saturated carbocycles. The van der Waals surface area contributed by atoms with E-state index in [4.69, 9.17) is 11.5 Å². The van der Waals surface area contributed by atoms with Crippen molar-refractivity contribution in [2.45, 2.75) is 6.54 Å². The molecule has 18 heavy (non-hydrogen) atoms. The molecule has 2 aromatic rings. The Labute approximate surface area is 106 Å². The Hall–Kier alpha value is -2.33. The van der Waals surface area contributed by atoms with Crippen molar-refractivity contribution in [3.8, 4) is 0 Å². The van der Waals surface area contributed by atoms with E-state index in [2.05, 4.69) is 5.32 Å². The minimum Gasteiger partial charge on any atom is -0.366 e. The van der Waals surface area contributed by atoms with Gasteiger partial charge in [0.15, 0.2) is 0 Å². The highest BCUT2D eigenvalue weighted by molar-refractivity contribution is 5.99. The Balaban J connectivity index is 2.25. The number of para-hydroxylation sites is 1.